The molecule has 1 heteroatoms. The molecule has 1 aromatic rings. The van der Waals surface area contributed by atoms with Crippen LogP contribution in [0.25, 0.3) is 0 Å². The van der Waals surface area contributed by atoms with Crippen molar-refractivity contribution in [3.8, 4) is 5.75 Å². The first-order chi connectivity index (χ1) is 19.3. The van der Waals surface area contributed by atoms with Crippen LogP contribution in [0.15, 0.2) is 18.2 Å². The van der Waals surface area contributed by atoms with E-state index in [1.807, 2.05) is 12.1 Å². The molecule has 0 aliphatic rings. The van der Waals surface area contributed by atoms with Gasteiger partial charge in [-0.1, -0.05) is 193 Å². The van der Waals surface area contributed by atoms with E-state index < -0.39 is 0 Å². The van der Waals surface area contributed by atoms with Crippen molar-refractivity contribution in [3.05, 3.63) is 29.3 Å². The van der Waals surface area contributed by atoms with Crippen LogP contribution >= 0.6 is 0 Å². The molecule has 0 unspecified atom stereocenters. The minimum atomic E-state index is 0.535. The Kier molecular flexibility index (Phi) is 26.4. The van der Waals surface area contributed by atoms with Gasteiger partial charge >= 0.3 is 0 Å². The number of phenols is 1. The van der Waals surface area contributed by atoms with Crippen LogP contribution in [0.2, 0.25) is 0 Å². The summed E-state index contributed by atoms with van der Waals surface area (Å²) in [5.74, 6) is 0.535. The zero-order valence-electron chi connectivity index (χ0n) is 26.9. The van der Waals surface area contributed by atoms with E-state index in [-0.39, 0.29) is 0 Å². The third-order valence-electron chi connectivity index (χ3n) is 8.83. The van der Waals surface area contributed by atoms with Crippen molar-refractivity contribution in [1.29, 1.82) is 0 Å². The van der Waals surface area contributed by atoms with E-state index in [2.05, 4.69) is 19.9 Å². The lowest BCUT2D eigenvalue weighted by Gasteiger charge is -2.12. The number of phenolic OH excluding ortho intramolecular Hbond substituents is 1. The Bertz CT molecular complexity index is 621. The van der Waals surface area contributed by atoms with Gasteiger partial charge in [0.1, 0.15) is 5.75 Å². The number of rotatable bonds is 30. The Balaban J connectivity index is 1.99. The van der Waals surface area contributed by atoms with E-state index in [0.717, 1.165) is 12.8 Å². The summed E-state index contributed by atoms with van der Waals surface area (Å²) >= 11 is 0. The standard InChI is InChI=1S/C38H70O/c1-3-5-7-9-11-13-15-17-19-21-23-25-27-29-32-36-33-31-35-38(39)37(36)34-30-28-26-24-22-20-18-16-14-12-10-8-6-4-2/h31,33,35,39H,3-30,32,34H2,1-2H3. The van der Waals surface area contributed by atoms with Crippen molar-refractivity contribution in [1.82, 2.24) is 0 Å². The lowest BCUT2D eigenvalue weighted by Crippen LogP contribution is -1.96. The lowest BCUT2D eigenvalue weighted by molar-refractivity contribution is 0.464. The zero-order valence-corrected chi connectivity index (χ0v) is 26.9. The number of unbranched alkanes of at least 4 members (excludes halogenated alkanes) is 26. The first kappa shape index (κ1) is 36.0. The summed E-state index contributed by atoms with van der Waals surface area (Å²) in [5, 5.41) is 10.5. The summed E-state index contributed by atoms with van der Waals surface area (Å²) in [6.07, 6.45) is 41.5. The number of aryl methyl sites for hydroxylation is 1. The van der Waals surface area contributed by atoms with Crippen LogP contribution < -0.4 is 0 Å². The van der Waals surface area contributed by atoms with Crippen molar-refractivity contribution in [2.45, 2.75) is 206 Å². The highest BCUT2D eigenvalue weighted by Gasteiger charge is 2.08. The van der Waals surface area contributed by atoms with Gasteiger partial charge in [0.15, 0.2) is 0 Å². The van der Waals surface area contributed by atoms with Gasteiger partial charge in [-0.3, -0.25) is 0 Å². The molecule has 0 aliphatic carbocycles. The Morgan fingerprint density at radius 1 is 0.385 bits per heavy atom. The summed E-state index contributed by atoms with van der Waals surface area (Å²) < 4.78 is 0. The molecule has 0 aromatic heterocycles. The van der Waals surface area contributed by atoms with Gasteiger partial charge in [0.25, 0.3) is 0 Å². The van der Waals surface area contributed by atoms with Gasteiger partial charge in [0.2, 0.25) is 0 Å². The number of benzene rings is 1. The number of hydrogen-bond acceptors (Lipinski definition) is 1. The van der Waals surface area contributed by atoms with E-state index in [0.29, 0.717) is 5.75 Å². The molecule has 0 saturated heterocycles. The number of aromatic hydroxyl groups is 1. The second kappa shape index (κ2) is 28.5. The molecule has 0 fully saturated rings. The van der Waals surface area contributed by atoms with Crippen LogP contribution in [0.4, 0.5) is 0 Å². The molecule has 1 rings (SSSR count). The van der Waals surface area contributed by atoms with Crippen LogP contribution in [0.5, 0.6) is 5.75 Å². The molecule has 0 spiro atoms. The molecular formula is C38H70O. The molecule has 0 bridgehead atoms. The molecule has 1 N–H and O–H groups in total. The molecule has 0 radical (unpaired) electrons. The van der Waals surface area contributed by atoms with Gasteiger partial charge in [0, 0.05) is 0 Å². The van der Waals surface area contributed by atoms with Gasteiger partial charge in [-0.05, 0) is 42.9 Å². The fourth-order valence-corrected chi connectivity index (χ4v) is 6.15. The second-order valence-electron chi connectivity index (χ2n) is 12.6. The first-order valence-electron chi connectivity index (χ1n) is 18.1. The average Bonchev–Trinajstić information content (AvgIpc) is 2.94. The molecule has 0 aliphatic heterocycles. The van der Waals surface area contributed by atoms with Gasteiger partial charge in [-0.2, -0.15) is 0 Å². The Labute approximate surface area is 246 Å². The smallest absolute Gasteiger partial charge is 0.119 e. The minimum Gasteiger partial charge on any atom is -0.508 e. The second-order valence-corrected chi connectivity index (χ2v) is 12.6. The van der Waals surface area contributed by atoms with E-state index in [4.69, 9.17) is 0 Å². The van der Waals surface area contributed by atoms with Crippen LogP contribution in [0.3, 0.4) is 0 Å². The summed E-state index contributed by atoms with van der Waals surface area (Å²) in [7, 11) is 0. The Morgan fingerprint density at radius 2 is 0.692 bits per heavy atom. The summed E-state index contributed by atoms with van der Waals surface area (Å²) in [4.78, 5) is 0. The van der Waals surface area contributed by atoms with Crippen molar-refractivity contribution < 1.29 is 5.11 Å². The predicted octanol–water partition coefficient (Wildman–Crippen LogP) is 13.4. The highest BCUT2D eigenvalue weighted by atomic mass is 16.3. The predicted molar refractivity (Wildman–Crippen MR) is 176 cm³/mol. The zero-order chi connectivity index (χ0) is 28.1. The topological polar surface area (TPSA) is 20.2 Å². The highest BCUT2D eigenvalue weighted by Crippen LogP contribution is 2.26. The maximum Gasteiger partial charge on any atom is 0.119 e. The van der Waals surface area contributed by atoms with Crippen LogP contribution in [-0.2, 0) is 12.8 Å². The fraction of sp³-hybridized carbons (Fsp3) is 0.842. The maximum atomic E-state index is 10.5. The van der Waals surface area contributed by atoms with Crippen LogP contribution in [0, 0.1) is 0 Å². The molecule has 1 aromatic carbocycles. The average molecular weight is 543 g/mol. The molecule has 1 nitrogen and oxygen atoms in total. The third-order valence-corrected chi connectivity index (χ3v) is 8.83. The normalized spacial score (nSPS) is 11.4. The maximum absolute atomic E-state index is 10.5. The van der Waals surface area contributed by atoms with Crippen LogP contribution in [0.1, 0.15) is 205 Å². The van der Waals surface area contributed by atoms with Gasteiger partial charge in [-0.15, -0.1) is 0 Å². The Morgan fingerprint density at radius 3 is 1.05 bits per heavy atom. The van der Waals surface area contributed by atoms with Gasteiger partial charge in [-0.25, -0.2) is 0 Å². The molecule has 0 saturated carbocycles. The first-order valence-corrected chi connectivity index (χ1v) is 18.1. The summed E-state index contributed by atoms with van der Waals surface area (Å²) in [6, 6.07) is 6.21. The van der Waals surface area contributed by atoms with E-state index in [9.17, 15) is 5.11 Å². The van der Waals surface area contributed by atoms with Crippen LogP contribution in [-0.4, -0.2) is 5.11 Å². The molecule has 0 atom stereocenters. The summed E-state index contributed by atoms with van der Waals surface area (Å²) in [6.45, 7) is 4.59. The monoisotopic (exact) mass is 543 g/mol. The van der Waals surface area contributed by atoms with Crippen molar-refractivity contribution in [2.75, 3.05) is 0 Å². The lowest BCUT2D eigenvalue weighted by atomic mass is 9.95. The SMILES string of the molecule is CCCCCCCCCCCCCCCCc1cccc(O)c1CCCCCCCCCCCCCCCC. The molecular weight excluding hydrogens is 472 g/mol. The fourth-order valence-electron chi connectivity index (χ4n) is 6.15. The largest absolute Gasteiger partial charge is 0.508 e. The Hall–Kier alpha value is -0.980. The quantitative estimate of drug-likeness (QED) is 0.0958. The van der Waals surface area contributed by atoms with Crippen molar-refractivity contribution in [3.63, 3.8) is 0 Å². The third kappa shape index (κ3) is 22.4. The van der Waals surface area contributed by atoms with E-state index >= 15 is 0 Å². The molecule has 0 heterocycles. The van der Waals surface area contributed by atoms with E-state index in [1.54, 1.807) is 0 Å². The van der Waals surface area contributed by atoms with Gasteiger partial charge in [0.05, 0.1) is 0 Å². The summed E-state index contributed by atoms with van der Waals surface area (Å²) in [5.41, 5.74) is 2.65. The minimum absolute atomic E-state index is 0.535. The number of hydrogen-bond donors (Lipinski definition) is 1. The molecule has 228 valence electrons. The van der Waals surface area contributed by atoms with E-state index in [1.165, 1.54) is 191 Å². The van der Waals surface area contributed by atoms with Crippen molar-refractivity contribution in [2.24, 2.45) is 0 Å². The van der Waals surface area contributed by atoms with Gasteiger partial charge < -0.3 is 5.11 Å². The molecule has 0 amide bonds. The van der Waals surface area contributed by atoms with Crippen molar-refractivity contribution >= 4 is 0 Å². The molecule has 39 heavy (non-hydrogen) atoms. The highest BCUT2D eigenvalue weighted by molar-refractivity contribution is 5.39.